The smallest absolute Gasteiger partial charge is 0.384 e. The Kier molecular flexibility index (Phi) is 5.21. The van der Waals surface area contributed by atoms with Gasteiger partial charge in [0.25, 0.3) is 0 Å². The van der Waals surface area contributed by atoms with Crippen LogP contribution in [0.4, 0.5) is 18.9 Å². The molecule has 2 aliphatic heterocycles. The number of piperidine rings is 1. The minimum absolute atomic E-state index is 0. The normalized spacial score (nSPS) is 23.8. The van der Waals surface area contributed by atoms with Crippen LogP contribution in [0.25, 0.3) is 0 Å². The minimum Gasteiger partial charge on any atom is -0.384 e. The number of hydrogen-bond acceptors (Lipinski definition) is 2. The molecule has 0 radical (unpaired) electrons. The molecule has 3 rings (SSSR count). The molecule has 1 aromatic carbocycles. The van der Waals surface area contributed by atoms with Crippen LogP contribution < -0.4 is 5.32 Å². The number of halogens is 4. The largest absolute Gasteiger partial charge is 0.392 e. The third-order valence-corrected chi connectivity index (χ3v) is 5.03. The molecule has 1 N–H and O–H groups in total. The van der Waals surface area contributed by atoms with Gasteiger partial charge in [-0.1, -0.05) is 32.0 Å². The van der Waals surface area contributed by atoms with Gasteiger partial charge in [-0.2, -0.15) is 13.2 Å². The van der Waals surface area contributed by atoms with Crippen molar-refractivity contribution in [3.63, 3.8) is 0 Å². The second kappa shape index (κ2) is 6.52. The van der Waals surface area contributed by atoms with Gasteiger partial charge in [-0.25, -0.2) is 0 Å². The lowest BCUT2D eigenvalue weighted by atomic mass is 9.73. The highest BCUT2D eigenvalue weighted by Crippen LogP contribution is 2.45. The fourth-order valence-electron chi connectivity index (χ4n) is 3.99. The number of hydrogen-bond donors (Lipinski definition) is 1. The lowest BCUT2D eigenvalue weighted by Gasteiger charge is -2.45. The van der Waals surface area contributed by atoms with E-state index in [-0.39, 0.29) is 18.8 Å². The van der Waals surface area contributed by atoms with Crippen LogP contribution in [0.15, 0.2) is 18.2 Å². The quantitative estimate of drug-likeness (QED) is 0.847. The summed E-state index contributed by atoms with van der Waals surface area (Å²) in [4.78, 5) is 2.16. The summed E-state index contributed by atoms with van der Waals surface area (Å²) in [6.07, 6.45) is -2.87. The van der Waals surface area contributed by atoms with Gasteiger partial charge >= 0.3 is 6.18 Å². The maximum Gasteiger partial charge on any atom is 0.392 e. The third kappa shape index (κ3) is 3.77. The lowest BCUT2D eigenvalue weighted by Crippen LogP contribution is -2.50. The average Bonchev–Trinajstić information content (AvgIpc) is 2.85. The number of para-hydroxylation sites is 1. The minimum atomic E-state index is -4.09. The Morgan fingerprint density at radius 2 is 2.04 bits per heavy atom. The predicted octanol–water partition coefficient (Wildman–Crippen LogP) is 4.49. The summed E-state index contributed by atoms with van der Waals surface area (Å²) in [5.74, 6) is -1.20. The monoisotopic (exact) mass is 348 g/mol. The molecule has 1 fully saturated rings. The van der Waals surface area contributed by atoms with Crippen molar-refractivity contribution in [2.24, 2.45) is 11.3 Å². The SMILES string of the molecule is CC1(C)CN(Cc2cccc3c2NCC3)CCC1C(F)(F)F.Cl. The van der Waals surface area contributed by atoms with Crippen molar-refractivity contribution < 1.29 is 13.2 Å². The van der Waals surface area contributed by atoms with Crippen molar-refractivity contribution in [2.45, 2.75) is 39.4 Å². The first-order valence-corrected chi connectivity index (χ1v) is 7.91. The van der Waals surface area contributed by atoms with Crippen LogP contribution >= 0.6 is 12.4 Å². The van der Waals surface area contributed by atoms with Crippen LogP contribution in [0.2, 0.25) is 0 Å². The van der Waals surface area contributed by atoms with Gasteiger partial charge in [-0.3, -0.25) is 4.90 Å². The van der Waals surface area contributed by atoms with E-state index >= 15 is 0 Å². The van der Waals surface area contributed by atoms with Crippen molar-refractivity contribution in [3.8, 4) is 0 Å². The first kappa shape index (κ1) is 18.4. The Morgan fingerprint density at radius 3 is 2.70 bits per heavy atom. The highest BCUT2D eigenvalue weighted by molar-refractivity contribution is 5.85. The Hall–Kier alpha value is -0.940. The fraction of sp³-hybridized carbons (Fsp3) is 0.647. The molecule has 1 aromatic rings. The van der Waals surface area contributed by atoms with Crippen LogP contribution in [0.5, 0.6) is 0 Å². The van der Waals surface area contributed by atoms with Crippen LogP contribution in [0.3, 0.4) is 0 Å². The van der Waals surface area contributed by atoms with E-state index < -0.39 is 17.5 Å². The molecule has 0 aliphatic carbocycles. The molecular formula is C17H24ClF3N2. The van der Waals surface area contributed by atoms with Gasteiger partial charge in [0.1, 0.15) is 0 Å². The van der Waals surface area contributed by atoms with E-state index in [1.165, 1.54) is 16.8 Å². The summed E-state index contributed by atoms with van der Waals surface area (Å²) in [5, 5.41) is 3.41. The number of alkyl halides is 3. The molecule has 0 spiro atoms. The summed E-state index contributed by atoms with van der Waals surface area (Å²) >= 11 is 0. The standard InChI is InChI=1S/C17H23F3N2.ClH/c1-16(2)11-22(9-7-14(16)17(18,19)20)10-13-5-3-4-12-6-8-21-15(12)13;/h3-5,14,21H,6-11H2,1-2H3;1H. The van der Waals surface area contributed by atoms with Gasteiger partial charge < -0.3 is 5.32 Å². The number of fused-ring (bicyclic) bond motifs is 1. The molecule has 0 bridgehead atoms. The summed E-state index contributed by atoms with van der Waals surface area (Å²) in [6.45, 7) is 6.16. The molecule has 0 amide bonds. The van der Waals surface area contributed by atoms with Crippen molar-refractivity contribution in [3.05, 3.63) is 29.3 Å². The number of nitrogens with zero attached hydrogens (tertiary/aromatic N) is 1. The topological polar surface area (TPSA) is 15.3 Å². The summed E-state index contributed by atoms with van der Waals surface area (Å²) < 4.78 is 39.4. The second-order valence-corrected chi connectivity index (χ2v) is 7.21. The zero-order valence-electron chi connectivity index (χ0n) is 13.5. The molecule has 1 atom stereocenters. The number of rotatable bonds is 2. The Bertz CT molecular complexity index is 557. The van der Waals surface area contributed by atoms with Crippen molar-refractivity contribution in [2.75, 3.05) is 25.0 Å². The van der Waals surface area contributed by atoms with E-state index in [1.54, 1.807) is 13.8 Å². The first-order chi connectivity index (χ1) is 10.3. The zero-order valence-corrected chi connectivity index (χ0v) is 14.4. The molecule has 2 nitrogen and oxygen atoms in total. The van der Waals surface area contributed by atoms with E-state index in [1.807, 2.05) is 0 Å². The molecule has 1 saturated heterocycles. The molecule has 23 heavy (non-hydrogen) atoms. The van der Waals surface area contributed by atoms with Gasteiger partial charge in [0.05, 0.1) is 5.92 Å². The van der Waals surface area contributed by atoms with Crippen LogP contribution in [0.1, 0.15) is 31.4 Å². The fourth-order valence-corrected chi connectivity index (χ4v) is 3.99. The number of likely N-dealkylation sites (tertiary alicyclic amines) is 1. The Labute approximate surface area is 141 Å². The molecular weight excluding hydrogens is 325 g/mol. The van der Waals surface area contributed by atoms with Gasteiger partial charge in [-0.15, -0.1) is 12.4 Å². The van der Waals surface area contributed by atoms with Crippen LogP contribution in [0, 0.1) is 11.3 Å². The molecule has 2 heterocycles. The molecule has 0 aromatic heterocycles. The van der Waals surface area contributed by atoms with Crippen LogP contribution in [-0.2, 0) is 13.0 Å². The van der Waals surface area contributed by atoms with Crippen molar-refractivity contribution in [1.82, 2.24) is 4.90 Å². The molecule has 0 saturated carbocycles. The predicted molar refractivity (Wildman–Crippen MR) is 89.1 cm³/mol. The summed E-state index contributed by atoms with van der Waals surface area (Å²) in [5.41, 5.74) is 2.98. The summed E-state index contributed by atoms with van der Waals surface area (Å²) in [7, 11) is 0. The van der Waals surface area contributed by atoms with E-state index in [4.69, 9.17) is 0 Å². The highest BCUT2D eigenvalue weighted by Gasteiger charge is 2.51. The molecule has 2 aliphatic rings. The maximum absolute atomic E-state index is 13.1. The van der Waals surface area contributed by atoms with E-state index in [2.05, 4.69) is 28.4 Å². The third-order valence-electron chi connectivity index (χ3n) is 5.03. The number of anilines is 1. The van der Waals surface area contributed by atoms with Gasteiger partial charge in [0, 0.05) is 25.3 Å². The van der Waals surface area contributed by atoms with Crippen molar-refractivity contribution in [1.29, 1.82) is 0 Å². The van der Waals surface area contributed by atoms with E-state index in [0.29, 0.717) is 13.1 Å². The summed E-state index contributed by atoms with van der Waals surface area (Å²) in [6, 6.07) is 6.26. The maximum atomic E-state index is 13.1. The number of nitrogens with one attached hydrogen (secondary N) is 1. The Balaban J connectivity index is 0.00000192. The molecule has 6 heteroatoms. The molecule has 1 unspecified atom stereocenters. The van der Waals surface area contributed by atoms with Gasteiger partial charge in [-0.05, 0) is 35.9 Å². The number of benzene rings is 1. The van der Waals surface area contributed by atoms with E-state index in [9.17, 15) is 13.2 Å². The average molecular weight is 349 g/mol. The first-order valence-electron chi connectivity index (χ1n) is 7.91. The lowest BCUT2D eigenvalue weighted by molar-refractivity contribution is -0.217. The van der Waals surface area contributed by atoms with E-state index in [0.717, 1.165) is 19.5 Å². The highest BCUT2D eigenvalue weighted by atomic mass is 35.5. The van der Waals surface area contributed by atoms with Crippen LogP contribution in [-0.4, -0.2) is 30.7 Å². The molecule has 130 valence electrons. The Morgan fingerprint density at radius 1 is 1.30 bits per heavy atom. The zero-order chi connectivity index (χ0) is 16.0. The van der Waals surface area contributed by atoms with Crippen molar-refractivity contribution >= 4 is 18.1 Å². The second-order valence-electron chi connectivity index (χ2n) is 7.21. The van der Waals surface area contributed by atoms with Gasteiger partial charge in [0.15, 0.2) is 0 Å². The van der Waals surface area contributed by atoms with Gasteiger partial charge in [0.2, 0.25) is 0 Å².